The van der Waals surface area contributed by atoms with Gasteiger partial charge in [0.1, 0.15) is 0 Å². The first-order chi connectivity index (χ1) is 15.5. The quantitative estimate of drug-likeness (QED) is 0.604. The molecule has 0 saturated carbocycles. The number of amides is 1. The first-order valence-corrected chi connectivity index (χ1v) is 11.9. The summed E-state index contributed by atoms with van der Waals surface area (Å²) in [6, 6.07) is 15.1. The summed E-state index contributed by atoms with van der Waals surface area (Å²) in [4.78, 5) is 20.5. The van der Waals surface area contributed by atoms with Crippen LogP contribution in [0.4, 0.5) is 5.69 Å². The fraction of sp³-hybridized carbons (Fsp3) is 0.444. The van der Waals surface area contributed by atoms with Crippen LogP contribution >= 0.6 is 0 Å². The molecule has 5 heteroatoms. The smallest absolute Gasteiger partial charge is 0.227 e. The summed E-state index contributed by atoms with van der Waals surface area (Å²) >= 11 is 0. The number of nitrogens with zero attached hydrogens (tertiary/aromatic N) is 2. The van der Waals surface area contributed by atoms with E-state index in [0.29, 0.717) is 13.0 Å². The van der Waals surface area contributed by atoms with Gasteiger partial charge in [-0.3, -0.25) is 9.69 Å². The summed E-state index contributed by atoms with van der Waals surface area (Å²) in [7, 11) is 0. The van der Waals surface area contributed by atoms with Crippen molar-refractivity contribution in [2.24, 2.45) is 0 Å². The molecule has 0 aliphatic carbocycles. The summed E-state index contributed by atoms with van der Waals surface area (Å²) in [5.41, 5.74) is 7.01. The Bertz CT molecular complexity index is 1150. The van der Waals surface area contributed by atoms with Gasteiger partial charge in [-0.15, -0.1) is 0 Å². The molecule has 0 unspecified atom stereocenters. The van der Waals surface area contributed by atoms with Gasteiger partial charge in [0.25, 0.3) is 0 Å². The van der Waals surface area contributed by atoms with Crippen LogP contribution in [0.25, 0.3) is 10.9 Å². The highest BCUT2D eigenvalue weighted by Gasteiger charge is 2.32. The first-order valence-electron chi connectivity index (χ1n) is 11.9. The lowest BCUT2D eigenvalue weighted by atomic mass is 9.97. The second-order valence-electron chi connectivity index (χ2n) is 9.45. The number of hydrogen-bond acceptors (Lipinski definition) is 3. The molecule has 2 aliphatic rings. The van der Waals surface area contributed by atoms with Crippen molar-refractivity contribution in [3.05, 3.63) is 64.8 Å². The third-order valence-corrected chi connectivity index (χ3v) is 7.31. The molecular formula is C27H33N3O2. The van der Waals surface area contributed by atoms with Gasteiger partial charge in [-0.05, 0) is 61.9 Å². The number of nitrogens with one attached hydrogen (secondary N) is 1. The number of aliphatic hydroxyl groups excluding tert-OH is 1. The van der Waals surface area contributed by atoms with Crippen LogP contribution in [0.5, 0.6) is 0 Å². The maximum absolute atomic E-state index is 12.6. The molecule has 0 saturated heterocycles. The molecule has 0 bridgehead atoms. The predicted octanol–water partition coefficient (Wildman–Crippen LogP) is 4.90. The number of carbonyl (C=O) groups is 1. The highest BCUT2D eigenvalue weighted by atomic mass is 16.3. The number of carbonyl (C=O) groups excluding carboxylic acids is 1. The van der Waals surface area contributed by atoms with Crippen molar-refractivity contribution < 1.29 is 9.90 Å². The largest absolute Gasteiger partial charge is 0.387 e. The first kappa shape index (κ1) is 21.2. The molecule has 5 rings (SSSR count). The van der Waals surface area contributed by atoms with E-state index in [1.165, 1.54) is 27.7 Å². The van der Waals surface area contributed by atoms with Gasteiger partial charge in [0.15, 0.2) is 0 Å². The Morgan fingerprint density at radius 2 is 2.03 bits per heavy atom. The molecule has 1 aromatic heterocycles. The number of anilines is 1. The van der Waals surface area contributed by atoms with Gasteiger partial charge in [-0.2, -0.15) is 0 Å². The minimum Gasteiger partial charge on any atom is -0.387 e. The maximum Gasteiger partial charge on any atom is 0.227 e. The minimum atomic E-state index is -0.552. The van der Waals surface area contributed by atoms with Crippen molar-refractivity contribution in [2.75, 3.05) is 18.0 Å². The zero-order valence-electron chi connectivity index (χ0n) is 19.3. The van der Waals surface area contributed by atoms with Crippen LogP contribution in [0.2, 0.25) is 0 Å². The Balaban J connectivity index is 1.33. The Kier molecular flexibility index (Phi) is 5.56. The molecule has 0 fully saturated rings. The van der Waals surface area contributed by atoms with Crippen LogP contribution in [-0.2, 0) is 17.6 Å². The zero-order chi connectivity index (χ0) is 22.4. The fourth-order valence-electron chi connectivity index (χ4n) is 5.63. The van der Waals surface area contributed by atoms with Crippen LogP contribution in [-0.4, -0.2) is 40.0 Å². The molecule has 3 atom stereocenters. The van der Waals surface area contributed by atoms with E-state index in [2.05, 4.69) is 54.1 Å². The summed E-state index contributed by atoms with van der Waals surface area (Å²) in [6.07, 6.45) is 2.73. The van der Waals surface area contributed by atoms with E-state index in [1.54, 1.807) is 0 Å². The zero-order valence-corrected chi connectivity index (χ0v) is 19.3. The monoisotopic (exact) mass is 431 g/mol. The van der Waals surface area contributed by atoms with Gasteiger partial charge in [-0.25, -0.2) is 0 Å². The molecular weight excluding hydrogens is 398 g/mol. The molecule has 3 aromatic rings. The molecule has 5 nitrogen and oxygen atoms in total. The number of aromatic amines is 1. The van der Waals surface area contributed by atoms with Crippen LogP contribution < -0.4 is 4.90 Å². The Morgan fingerprint density at radius 3 is 2.84 bits per heavy atom. The minimum absolute atomic E-state index is 0.180. The SMILES string of the molecule is CCCC(=O)N1c2ccc([C@H](O)CN3CCc4c([nH]c5ccccc45)[C@@H]3C)cc2C[C@@H]1C. The second kappa shape index (κ2) is 8.38. The average molecular weight is 432 g/mol. The lowest BCUT2D eigenvalue weighted by Gasteiger charge is -2.35. The number of aliphatic hydroxyl groups is 1. The van der Waals surface area contributed by atoms with E-state index >= 15 is 0 Å². The van der Waals surface area contributed by atoms with E-state index < -0.39 is 6.10 Å². The lowest BCUT2D eigenvalue weighted by Crippen LogP contribution is -2.37. The highest BCUT2D eigenvalue weighted by molar-refractivity contribution is 5.96. The van der Waals surface area contributed by atoms with E-state index in [4.69, 9.17) is 0 Å². The molecule has 32 heavy (non-hydrogen) atoms. The third kappa shape index (κ3) is 3.54. The summed E-state index contributed by atoms with van der Waals surface area (Å²) in [5.74, 6) is 0.198. The number of β-amino-alcohol motifs (C(OH)–C–C–N with tert-alkyl or cyclic N) is 1. The standard InChI is InChI=1S/C27H33N3O2/c1-4-7-26(32)30-17(2)14-20-15-19(10-11-24(20)30)25(31)16-29-13-12-22-21-8-5-6-9-23(21)28-27(22)18(29)3/h5-6,8-11,15,17-18,25,28,31H,4,7,12-14,16H2,1-3H3/t17-,18-,25+/m0/s1. The van der Waals surface area contributed by atoms with Crippen LogP contribution in [0.15, 0.2) is 42.5 Å². The Labute approximate surface area is 190 Å². The Hall–Kier alpha value is -2.63. The van der Waals surface area contributed by atoms with Crippen molar-refractivity contribution in [2.45, 2.75) is 64.6 Å². The van der Waals surface area contributed by atoms with E-state index in [9.17, 15) is 9.90 Å². The van der Waals surface area contributed by atoms with Crippen molar-refractivity contribution in [1.82, 2.24) is 9.88 Å². The number of aromatic nitrogens is 1. The van der Waals surface area contributed by atoms with Crippen molar-refractivity contribution in [3.63, 3.8) is 0 Å². The normalized spacial score (nSPS) is 21.6. The molecule has 3 heterocycles. The van der Waals surface area contributed by atoms with E-state index in [0.717, 1.165) is 37.1 Å². The summed E-state index contributed by atoms with van der Waals surface area (Å²) < 4.78 is 0. The fourth-order valence-corrected chi connectivity index (χ4v) is 5.63. The van der Waals surface area contributed by atoms with Gasteiger partial charge in [0, 0.05) is 53.9 Å². The molecule has 2 N–H and O–H groups in total. The number of benzene rings is 2. The molecule has 2 aromatic carbocycles. The number of H-pyrrole nitrogens is 1. The molecule has 0 spiro atoms. The second-order valence-corrected chi connectivity index (χ2v) is 9.45. The Morgan fingerprint density at radius 1 is 1.22 bits per heavy atom. The van der Waals surface area contributed by atoms with E-state index in [-0.39, 0.29) is 18.0 Å². The topological polar surface area (TPSA) is 59.6 Å². The van der Waals surface area contributed by atoms with Gasteiger partial charge in [0.05, 0.1) is 6.10 Å². The van der Waals surface area contributed by atoms with Gasteiger partial charge < -0.3 is 15.0 Å². The van der Waals surface area contributed by atoms with Crippen molar-refractivity contribution >= 4 is 22.5 Å². The van der Waals surface area contributed by atoms with Gasteiger partial charge >= 0.3 is 0 Å². The van der Waals surface area contributed by atoms with Gasteiger partial charge in [-0.1, -0.05) is 37.3 Å². The summed E-state index contributed by atoms with van der Waals surface area (Å²) in [6.45, 7) is 7.91. The van der Waals surface area contributed by atoms with Crippen LogP contribution in [0.3, 0.4) is 0 Å². The number of para-hydroxylation sites is 1. The van der Waals surface area contributed by atoms with Gasteiger partial charge in [0.2, 0.25) is 5.91 Å². The molecule has 0 radical (unpaired) electrons. The van der Waals surface area contributed by atoms with Crippen molar-refractivity contribution in [3.8, 4) is 0 Å². The highest BCUT2D eigenvalue weighted by Crippen LogP contribution is 2.37. The third-order valence-electron chi connectivity index (χ3n) is 7.31. The molecule has 1 amide bonds. The number of rotatable bonds is 5. The number of fused-ring (bicyclic) bond motifs is 4. The number of hydrogen-bond donors (Lipinski definition) is 2. The molecule has 168 valence electrons. The van der Waals surface area contributed by atoms with E-state index in [1.807, 2.05) is 24.0 Å². The molecule has 2 aliphatic heterocycles. The summed E-state index contributed by atoms with van der Waals surface area (Å²) in [5, 5.41) is 12.4. The van der Waals surface area contributed by atoms with Crippen LogP contribution in [0, 0.1) is 0 Å². The maximum atomic E-state index is 12.6. The lowest BCUT2D eigenvalue weighted by molar-refractivity contribution is -0.118. The van der Waals surface area contributed by atoms with Crippen molar-refractivity contribution in [1.29, 1.82) is 0 Å². The van der Waals surface area contributed by atoms with Crippen LogP contribution in [0.1, 0.15) is 68.1 Å². The predicted molar refractivity (Wildman–Crippen MR) is 129 cm³/mol. The average Bonchev–Trinajstić information content (AvgIpc) is 3.32.